The Kier molecular flexibility index (Phi) is 3.43. The number of anilines is 1. The predicted octanol–water partition coefficient (Wildman–Crippen LogP) is 3.35. The minimum atomic E-state index is -0.350. The lowest BCUT2D eigenvalue weighted by Gasteiger charge is -2.28. The molecule has 1 aromatic rings. The van der Waals surface area contributed by atoms with Crippen LogP contribution < -0.4 is 4.90 Å². The Bertz CT molecular complexity index is 403. The monoisotopic (exact) mass is 284 g/mol. The lowest BCUT2D eigenvalue weighted by atomic mass is 10.1. The highest BCUT2D eigenvalue weighted by Crippen LogP contribution is 2.30. The second-order valence-electron chi connectivity index (χ2n) is 3.94. The van der Waals surface area contributed by atoms with E-state index in [-0.39, 0.29) is 10.6 Å². The summed E-state index contributed by atoms with van der Waals surface area (Å²) in [7, 11) is 0. The van der Waals surface area contributed by atoms with Gasteiger partial charge in [0.1, 0.15) is 0 Å². The molecule has 1 saturated heterocycles. The van der Waals surface area contributed by atoms with E-state index >= 15 is 0 Å². The first-order valence-electron chi connectivity index (χ1n) is 5.37. The molecule has 16 heavy (non-hydrogen) atoms. The third-order valence-electron chi connectivity index (χ3n) is 2.85. The van der Waals surface area contributed by atoms with Crippen molar-refractivity contribution in [1.82, 2.24) is 0 Å². The maximum absolute atomic E-state index is 10.8. The van der Waals surface area contributed by atoms with Crippen LogP contribution in [0, 0.1) is 10.1 Å². The highest BCUT2D eigenvalue weighted by atomic mass is 79.9. The summed E-state index contributed by atoms with van der Waals surface area (Å²) in [5.74, 6) is 0. The molecule has 1 aromatic carbocycles. The fourth-order valence-electron chi connectivity index (χ4n) is 1.99. The van der Waals surface area contributed by atoms with Gasteiger partial charge in [-0.05, 0) is 47.3 Å². The van der Waals surface area contributed by atoms with Crippen LogP contribution >= 0.6 is 15.9 Å². The molecule has 4 nitrogen and oxygen atoms in total. The molecule has 1 fully saturated rings. The summed E-state index contributed by atoms with van der Waals surface area (Å²) < 4.78 is 0.540. The predicted molar refractivity (Wildman–Crippen MR) is 66.9 cm³/mol. The normalized spacial score (nSPS) is 16.2. The molecule has 0 atom stereocenters. The van der Waals surface area contributed by atoms with Crippen molar-refractivity contribution < 1.29 is 4.92 Å². The molecule has 2 rings (SSSR count). The number of piperidine rings is 1. The molecule has 0 radical (unpaired) electrons. The van der Waals surface area contributed by atoms with E-state index in [1.54, 1.807) is 12.1 Å². The molecule has 0 spiro atoms. The van der Waals surface area contributed by atoms with Crippen molar-refractivity contribution in [1.29, 1.82) is 0 Å². The highest BCUT2D eigenvalue weighted by Gasteiger charge is 2.16. The van der Waals surface area contributed by atoms with E-state index in [1.165, 1.54) is 19.3 Å². The molecule has 1 heterocycles. The van der Waals surface area contributed by atoms with Crippen LogP contribution in [0.1, 0.15) is 19.3 Å². The van der Waals surface area contributed by atoms with Crippen molar-refractivity contribution in [3.05, 3.63) is 32.8 Å². The Labute approximate surface area is 103 Å². The van der Waals surface area contributed by atoms with E-state index in [1.807, 2.05) is 6.07 Å². The third kappa shape index (κ3) is 2.35. The van der Waals surface area contributed by atoms with Crippen LogP contribution in [-0.4, -0.2) is 18.0 Å². The summed E-state index contributed by atoms with van der Waals surface area (Å²) in [5.41, 5.74) is 1.10. The largest absolute Gasteiger partial charge is 0.371 e. The van der Waals surface area contributed by atoms with E-state index < -0.39 is 0 Å². The van der Waals surface area contributed by atoms with Gasteiger partial charge < -0.3 is 4.90 Å². The number of benzene rings is 1. The summed E-state index contributed by atoms with van der Waals surface area (Å²) in [4.78, 5) is 12.7. The van der Waals surface area contributed by atoms with Gasteiger partial charge in [-0.15, -0.1) is 0 Å². The highest BCUT2D eigenvalue weighted by molar-refractivity contribution is 9.10. The van der Waals surface area contributed by atoms with Gasteiger partial charge in [-0.1, -0.05) is 0 Å². The van der Waals surface area contributed by atoms with E-state index in [2.05, 4.69) is 20.8 Å². The number of hydrogen-bond donors (Lipinski definition) is 0. The Morgan fingerprint density at radius 1 is 1.25 bits per heavy atom. The van der Waals surface area contributed by atoms with Gasteiger partial charge in [0.15, 0.2) is 0 Å². The fraction of sp³-hybridized carbons (Fsp3) is 0.455. The van der Waals surface area contributed by atoms with Crippen molar-refractivity contribution in [2.45, 2.75) is 19.3 Å². The van der Waals surface area contributed by atoms with Crippen LogP contribution in [0.15, 0.2) is 22.7 Å². The second kappa shape index (κ2) is 4.82. The lowest BCUT2D eigenvalue weighted by Crippen LogP contribution is -2.29. The quantitative estimate of drug-likeness (QED) is 0.618. The van der Waals surface area contributed by atoms with Crippen molar-refractivity contribution in [2.75, 3.05) is 18.0 Å². The maximum atomic E-state index is 10.8. The van der Waals surface area contributed by atoms with E-state index in [4.69, 9.17) is 0 Å². The SMILES string of the molecule is O=[N+]([O-])c1cc(N2CCCCC2)ccc1Br. The van der Waals surface area contributed by atoms with Crippen LogP contribution in [0.5, 0.6) is 0 Å². The fourth-order valence-corrected chi connectivity index (χ4v) is 2.38. The molecule has 5 heteroatoms. The molecule has 0 unspecified atom stereocenters. The first-order valence-corrected chi connectivity index (χ1v) is 6.16. The Morgan fingerprint density at radius 2 is 1.94 bits per heavy atom. The molecule has 0 bridgehead atoms. The smallest absolute Gasteiger partial charge is 0.285 e. The third-order valence-corrected chi connectivity index (χ3v) is 3.52. The van der Waals surface area contributed by atoms with Crippen LogP contribution in [-0.2, 0) is 0 Å². The summed E-state index contributed by atoms with van der Waals surface area (Å²) in [5, 5.41) is 10.8. The van der Waals surface area contributed by atoms with Gasteiger partial charge in [0.25, 0.3) is 5.69 Å². The number of nitro benzene ring substituents is 1. The van der Waals surface area contributed by atoms with Crippen molar-refractivity contribution in [3.8, 4) is 0 Å². The minimum absolute atomic E-state index is 0.142. The molecule has 1 aliphatic heterocycles. The molecule has 86 valence electrons. The zero-order valence-electron chi connectivity index (χ0n) is 8.86. The van der Waals surface area contributed by atoms with Gasteiger partial charge in [0, 0.05) is 24.8 Å². The zero-order valence-corrected chi connectivity index (χ0v) is 10.4. The molecule has 0 saturated carbocycles. The number of nitrogens with zero attached hydrogens (tertiary/aromatic N) is 2. The Balaban J connectivity index is 2.27. The molecule has 1 aliphatic rings. The van der Waals surface area contributed by atoms with Crippen molar-refractivity contribution in [3.63, 3.8) is 0 Å². The Morgan fingerprint density at radius 3 is 2.56 bits per heavy atom. The molecule has 0 aromatic heterocycles. The average Bonchev–Trinajstić information content (AvgIpc) is 2.30. The van der Waals surface area contributed by atoms with Crippen LogP contribution in [0.2, 0.25) is 0 Å². The molecule has 0 N–H and O–H groups in total. The summed E-state index contributed by atoms with van der Waals surface area (Å²) in [6.45, 7) is 2.00. The first kappa shape index (κ1) is 11.4. The van der Waals surface area contributed by atoms with E-state index in [0.29, 0.717) is 4.47 Å². The topological polar surface area (TPSA) is 46.4 Å². The maximum Gasteiger partial charge on any atom is 0.285 e. The van der Waals surface area contributed by atoms with Gasteiger partial charge in [-0.2, -0.15) is 0 Å². The standard InChI is InChI=1S/C11H13BrN2O2/c12-10-5-4-9(8-11(10)14(15)16)13-6-2-1-3-7-13/h4-5,8H,1-3,6-7H2. The zero-order chi connectivity index (χ0) is 11.5. The first-order chi connectivity index (χ1) is 7.68. The summed E-state index contributed by atoms with van der Waals surface area (Å²) >= 11 is 3.19. The van der Waals surface area contributed by atoms with E-state index in [0.717, 1.165) is 18.8 Å². The van der Waals surface area contributed by atoms with Gasteiger partial charge in [0.05, 0.1) is 9.40 Å². The van der Waals surface area contributed by atoms with Crippen molar-refractivity contribution >= 4 is 27.3 Å². The molecular weight excluding hydrogens is 272 g/mol. The number of hydrogen-bond acceptors (Lipinski definition) is 3. The molecule has 0 aliphatic carbocycles. The summed E-state index contributed by atoms with van der Waals surface area (Å²) in [6.07, 6.45) is 3.60. The number of halogens is 1. The summed E-state index contributed by atoms with van der Waals surface area (Å²) in [6, 6.07) is 5.33. The minimum Gasteiger partial charge on any atom is -0.371 e. The number of nitro groups is 1. The number of rotatable bonds is 2. The van der Waals surface area contributed by atoms with Crippen LogP contribution in [0.3, 0.4) is 0 Å². The van der Waals surface area contributed by atoms with Crippen LogP contribution in [0.4, 0.5) is 11.4 Å². The Hall–Kier alpha value is -1.10. The van der Waals surface area contributed by atoms with Gasteiger partial charge in [-0.25, -0.2) is 0 Å². The van der Waals surface area contributed by atoms with Gasteiger partial charge >= 0.3 is 0 Å². The van der Waals surface area contributed by atoms with Crippen LogP contribution in [0.25, 0.3) is 0 Å². The van der Waals surface area contributed by atoms with Crippen molar-refractivity contribution in [2.24, 2.45) is 0 Å². The second-order valence-corrected chi connectivity index (χ2v) is 4.79. The van der Waals surface area contributed by atoms with E-state index in [9.17, 15) is 10.1 Å². The average molecular weight is 285 g/mol. The van der Waals surface area contributed by atoms with Gasteiger partial charge in [-0.3, -0.25) is 10.1 Å². The lowest BCUT2D eigenvalue weighted by molar-refractivity contribution is -0.385. The molecular formula is C11H13BrN2O2. The van der Waals surface area contributed by atoms with Gasteiger partial charge in [0.2, 0.25) is 0 Å². The molecule has 0 amide bonds.